The highest BCUT2D eigenvalue weighted by Gasteiger charge is 2.62. The maximum absolute atomic E-state index is 11.0. The number of benzene rings is 4. The van der Waals surface area contributed by atoms with Crippen LogP contribution in [0.25, 0.3) is 0 Å². The van der Waals surface area contributed by atoms with Crippen molar-refractivity contribution in [3.63, 3.8) is 0 Å². The molecule has 4 aromatic carbocycles. The molecule has 4 fully saturated rings. The Kier molecular flexibility index (Phi) is 6.21. The molecular weight excluding hydrogens is 556 g/mol. The summed E-state index contributed by atoms with van der Waals surface area (Å²) in [7, 11) is 0. The van der Waals surface area contributed by atoms with Crippen LogP contribution in [0.15, 0.2) is 84.9 Å². The first kappa shape index (κ1) is 26.7. The van der Waals surface area contributed by atoms with Gasteiger partial charge < -0.3 is 33.9 Å². The van der Waals surface area contributed by atoms with Gasteiger partial charge in [0.25, 0.3) is 6.48 Å². The Balaban J connectivity index is 1.10. The van der Waals surface area contributed by atoms with Crippen LogP contribution < -0.4 is 9.47 Å². The highest BCUT2D eigenvalue weighted by molar-refractivity contribution is 5.51. The van der Waals surface area contributed by atoms with Gasteiger partial charge in [-0.15, -0.1) is 0 Å². The van der Waals surface area contributed by atoms with Crippen molar-refractivity contribution in [3.8, 4) is 40.6 Å². The largest absolute Gasteiger partial charge is 0.506 e. The van der Waals surface area contributed by atoms with Crippen LogP contribution in [0.4, 0.5) is 5.69 Å². The third-order valence-electron chi connectivity index (χ3n) is 8.10. The summed E-state index contributed by atoms with van der Waals surface area (Å²) in [6.45, 7) is -0.821. The van der Waals surface area contributed by atoms with E-state index in [2.05, 4.69) is 0 Å². The molecule has 1 aliphatic carbocycles. The van der Waals surface area contributed by atoms with Crippen LogP contribution >= 0.6 is 0 Å². The first-order valence-corrected chi connectivity index (χ1v) is 13.5. The van der Waals surface area contributed by atoms with Gasteiger partial charge >= 0.3 is 5.69 Å². The Hall–Kier alpha value is -5.15. The van der Waals surface area contributed by atoms with E-state index in [0.29, 0.717) is 36.5 Å². The fourth-order valence-electron chi connectivity index (χ4n) is 6.19. The van der Waals surface area contributed by atoms with Gasteiger partial charge in [0.15, 0.2) is 5.75 Å². The molecule has 2 unspecified atom stereocenters. The fourth-order valence-corrected chi connectivity index (χ4v) is 6.19. The molecule has 8 rings (SSSR count). The average Bonchev–Trinajstić information content (AvgIpc) is 2.97. The molecule has 4 atom stereocenters. The summed E-state index contributed by atoms with van der Waals surface area (Å²) in [6, 6.07) is 25.3. The topological polar surface area (TPSA) is 154 Å². The Labute approximate surface area is 245 Å². The molecule has 3 saturated heterocycles. The van der Waals surface area contributed by atoms with E-state index in [1.54, 1.807) is 18.2 Å². The molecular formula is C32H24N2O9. The number of nitro benzene ring substituents is 1. The van der Waals surface area contributed by atoms with Crippen LogP contribution in [-0.4, -0.2) is 27.7 Å². The number of phenols is 2. The number of rotatable bonds is 7. The van der Waals surface area contributed by atoms with Gasteiger partial charge in [-0.25, -0.2) is 0 Å². The quantitative estimate of drug-likeness (QED) is 0.184. The summed E-state index contributed by atoms with van der Waals surface area (Å²) >= 11 is 0. The SMILES string of the molecule is N#Cc1ccc(Oc2ccc([C@@]34CC5C[C@@](c6ccc(Oc7ccc([N+](=O)[O-])c(O)c7)cc6)(C3)OC(O5)O4)cc2)cc1O. The second-order valence-corrected chi connectivity index (χ2v) is 10.8. The average molecular weight is 581 g/mol. The van der Waals surface area contributed by atoms with Crippen LogP contribution in [0.2, 0.25) is 0 Å². The van der Waals surface area contributed by atoms with Crippen molar-refractivity contribution < 1.29 is 38.8 Å². The molecule has 4 bridgehead atoms. The molecule has 0 radical (unpaired) electrons. The smallest absolute Gasteiger partial charge is 0.310 e. The third kappa shape index (κ3) is 4.77. The lowest BCUT2D eigenvalue weighted by atomic mass is 9.66. The van der Waals surface area contributed by atoms with Crippen molar-refractivity contribution >= 4 is 5.69 Å². The molecule has 4 aliphatic rings. The van der Waals surface area contributed by atoms with Crippen LogP contribution in [0.1, 0.15) is 36.0 Å². The van der Waals surface area contributed by atoms with Crippen molar-refractivity contribution in [3.05, 3.63) is 112 Å². The van der Waals surface area contributed by atoms with Gasteiger partial charge in [0.2, 0.25) is 0 Å². The number of hydrogen-bond donors (Lipinski definition) is 2. The van der Waals surface area contributed by atoms with E-state index < -0.39 is 34.0 Å². The predicted molar refractivity (Wildman–Crippen MR) is 149 cm³/mol. The Bertz CT molecular complexity index is 1750. The van der Waals surface area contributed by atoms with Gasteiger partial charge in [0.1, 0.15) is 46.0 Å². The second-order valence-electron chi connectivity index (χ2n) is 10.8. The van der Waals surface area contributed by atoms with Gasteiger partial charge in [-0.3, -0.25) is 10.1 Å². The first-order chi connectivity index (χ1) is 20.7. The number of nitriles is 1. The lowest BCUT2D eigenvalue weighted by molar-refractivity contribution is -0.483. The molecule has 11 nitrogen and oxygen atoms in total. The molecule has 3 heterocycles. The molecule has 3 aliphatic heterocycles. The van der Waals surface area contributed by atoms with E-state index in [1.165, 1.54) is 30.3 Å². The van der Waals surface area contributed by atoms with Gasteiger partial charge in [-0.1, -0.05) is 24.3 Å². The van der Waals surface area contributed by atoms with Gasteiger partial charge in [-0.05, 0) is 53.6 Å². The van der Waals surface area contributed by atoms with Crippen molar-refractivity contribution in [1.82, 2.24) is 0 Å². The molecule has 0 amide bonds. The van der Waals surface area contributed by atoms with E-state index >= 15 is 0 Å². The number of aromatic hydroxyl groups is 2. The zero-order chi connectivity index (χ0) is 29.8. The monoisotopic (exact) mass is 580 g/mol. The Morgan fingerprint density at radius 2 is 1.30 bits per heavy atom. The summed E-state index contributed by atoms with van der Waals surface area (Å²) in [6.07, 6.45) is 1.83. The van der Waals surface area contributed by atoms with Crippen LogP contribution in [0, 0.1) is 21.4 Å². The van der Waals surface area contributed by atoms with E-state index in [-0.39, 0.29) is 23.2 Å². The Morgan fingerprint density at radius 1 is 0.791 bits per heavy atom. The maximum atomic E-state index is 11.0. The number of phenolic OH excluding ortho intramolecular Hbond substituents is 2. The van der Waals surface area contributed by atoms with Gasteiger partial charge in [0.05, 0.1) is 16.6 Å². The second kappa shape index (κ2) is 9.99. The van der Waals surface area contributed by atoms with Crippen molar-refractivity contribution in [2.45, 2.75) is 43.0 Å². The molecule has 43 heavy (non-hydrogen) atoms. The molecule has 2 N–H and O–H groups in total. The Morgan fingerprint density at radius 3 is 1.77 bits per heavy atom. The summed E-state index contributed by atoms with van der Waals surface area (Å²) in [5.74, 6) is 1.13. The van der Waals surface area contributed by atoms with Crippen molar-refractivity contribution in [2.75, 3.05) is 0 Å². The first-order valence-electron chi connectivity index (χ1n) is 13.5. The number of hydrogen-bond acceptors (Lipinski definition) is 10. The minimum absolute atomic E-state index is 0.0715. The standard InChI is InChI=1S/C32H24N2O9/c33-17-19-1-6-24(13-28(19)35)39-22-7-2-20(3-8-22)31-15-26-16-32(18-31,43-30(41-26)42-31)21-4-9-23(10-5-21)40-25-11-12-27(34(37)38)29(36)14-25/h1-14,26,30,35-36H,15-16,18H2/t26?,30?,31-,32+/m1/s1. The number of nitro groups is 1. The van der Waals surface area contributed by atoms with Crippen LogP contribution in [-0.2, 0) is 25.4 Å². The van der Waals surface area contributed by atoms with Crippen molar-refractivity contribution in [2.24, 2.45) is 0 Å². The van der Waals surface area contributed by atoms with Gasteiger partial charge in [0, 0.05) is 37.5 Å². The van der Waals surface area contributed by atoms with Gasteiger partial charge in [-0.2, -0.15) is 5.26 Å². The zero-order valence-corrected chi connectivity index (χ0v) is 22.5. The minimum atomic E-state index is -0.821. The summed E-state index contributed by atoms with van der Waals surface area (Å²) < 4.78 is 30.3. The number of nitrogens with zero attached hydrogens (tertiary/aromatic N) is 2. The predicted octanol–water partition coefficient (Wildman–Crippen LogP) is 6.47. The van der Waals surface area contributed by atoms with Crippen LogP contribution in [0.5, 0.6) is 34.5 Å². The molecule has 11 heteroatoms. The summed E-state index contributed by atoms with van der Waals surface area (Å²) in [4.78, 5) is 10.3. The van der Waals surface area contributed by atoms with E-state index in [1.807, 2.05) is 42.5 Å². The number of ether oxygens (including phenoxy) is 5. The lowest BCUT2D eigenvalue weighted by Crippen LogP contribution is -2.63. The summed E-state index contributed by atoms with van der Waals surface area (Å²) in [5.41, 5.74) is 0.397. The third-order valence-corrected chi connectivity index (χ3v) is 8.10. The molecule has 216 valence electrons. The molecule has 0 spiro atoms. The van der Waals surface area contributed by atoms with E-state index in [4.69, 9.17) is 28.9 Å². The van der Waals surface area contributed by atoms with E-state index in [0.717, 1.165) is 11.1 Å². The van der Waals surface area contributed by atoms with Crippen LogP contribution in [0.3, 0.4) is 0 Å². The maximum Gasteiger partial charge on any atom is 0.310 e. The normalized spacial score (nSPS) is 25.2. The van der Waals surface area contributed by atoms with Crippen molar-refractivity contribution in [1.29, 1.82) is 5.26 Å². The van der Waals surface area contributed by atoms with E-state index in [9.17, 15) is 20.3 Å². The molecule has 1 saturated carbocycles. The lowest BCUT2D eigenvalue weighted by Gasteiger charge is -2.60. The summed E-state index contributed by atoms with van der Waals surface area (Å²) in [5, 5.41) is 39.9. The fraction of sp³-hybridized carbons (Fsp3) is 0.219. The highest BCUT2D eigenvalue weighted by atomic mass is 16.9. The highest BCUT2D eigenvalue weighted by Crippen LogP contribution is 2.59. The minimum Gasteiger partial charge on any atom is -0.506 e. The zero-order valence-electron chi connectivity index (χ0n) is 22.5. The molecule has 4 aromatic rings. The molecule has 0 aromatic heterocycles.